The van der Waals surface area contributed by atoms with Crippen LogP contribution in [-0.2, 0) is 26.5 Å². The van der Waals surface area contributed by atoms with E-state index in [1.807, 2.05) is 60.7 Å². The topological polar surface area (TPSA) is 111 Å². The highest BCUT2D eigenvalue weighted by atomic mass is 79.9. The van der Waals surface area contributed by atoms with E-state index in [1.165, 1.54) is 0 Å². The number of para-hydroxylation sites is 2. The molecule has 3 aromatic rings. The molecule has 3 atom stereocenters. The molecule has 3 amide bonds. The van der Waals surface area contributed by atoms with Crippen molar-refractivity contribution in [2.45, 2.75) is 44.4 Å². The number of carbonyl (C=O) groups excluding carboxylic acids is 3. The van der Waals surface area contributed by atoms with Gasteiger partial charge < -0.3 is 24.7 Å². The number of aliphatic hydroxyl groups excluding tert-OH is 1. The van der Waals surface area contributed by atoms with E-state index in [9.17, 15) is 24.6 Å². The summed E-state index contributed by atoms with van der Waals surface area (Å²) >= 11 is 3.49. The summed E-state index contributed by atoms with van der Waals surface area (Å²) in [6.45, 7) is 2.44. The summed E-state index contributed by atoms with van der Waals surface area (Å²) < 4.78 is 6.33. The highest BCUT2D eigenvalue weighted by Crippen LogP contribution is 2.47. The Hall–Kier alpha value is -3.99. The zero-order chi connectivity index (χ0) is 31.0. The number of fused-ring (bicyclic) bond motifs is 2. The Balaban J connectivity index is 1.25. The number of carbonyl (C=O) groups is 3. The standard InChI is InChI=1S/C34H34BrN3O6/c1-22(7-4-13-31(40)36-16-6-10-26(36)20-39)34(43)27-18-24(35)14-15-28(27)37(33(34)42)19-23-8-5-9-25(17-23)38-29-11-2-3-12-30(29)44-21-32(38)41/h2-5,7-9,11-12,14-15,17-18,22,26,39,43H,6,10,13,16,19-21H2,1H3/b7-4+/t22-,26+,34+/m1/s1. The molecule has 6 rings (SSSR count). The molecule has 3 aliphatic rings. The third-order valence-electron chi connectivity index (χ3n) is 8.73. The molecule has 0 spiro atoms. The second-order valence-corrected chi connectivity index (χ2v) is 12.4. The molecule has 2 N–H and O–H groups in total. The van der Waals surface area contributed by atoms with Gasteiger partial charge in [0.05, 0.1) is 30.6 Å². The van der Waals surface area contributed by atoms with Gasteiger partial charge in [0.2, 0.25) is 5.91 Å². The minimum atomic E-state index is -1.85. The monoisotopic (exact) mass is 659 g/mol. The average Bonchev–Trinajstić information content (AvgIpc) is 3.59. The fraction of sp³-hybridized carbons (Fsp3) is 0.324. The van der Waals surface area contributed by atoms with E-state index in [-0.39, 0.29) is 44.0 Å². The Morgan fingerprint density at radius 2 is 1.93 bits per heavy atom. The van der Waals surface area contributed by atoms with Crippen LogP contribution in [0.25, 0.3) is 0 Å². The predicted molar refractivity (Wildman–Crippen MR) is 169 cm³/mol. The first-order valence-corrected chi connectivity index (χ1v) is 15.6. The maximum absolute atomic E-state index is 14.1. The lowest BCUT2D eigenvalue weighted by Crippen LogP contribution is -2.44. The van der Waals surface area contributed by atoms with Crippen molar-refractivity contribution in [2.24, 2.45) is 5.92 Å². The van der Waals surface area contributed by atoms with Gasteiger partial charge in [-0.25, -0.2) is 0 Å². The van der Waals surface area contributed by atoms with Gasteiger partial charge in [-0.15, -0.1) is 0 Å². The van der Waals surface area contributed by atoms with Crippen LogP contribution in [0.1, 0.15) is 37.3 Å². The maximum Gasteiger partial charge on any atom is 0.269 e. The summed E-state index contributed by atoms with van der Waals surface area (Å²) in [6.07, 6.45) is 5.20. The summed E-state index contributed by atoms with van der Waals surface area (Å²) in [5.74, 6) is -0.762. The molecule has 10 heteroatoms. The molecule has 1 saturated heterocycles. The Bertz CT molecular complexity index is 1640. The van der Waals surface area contributed by atoms with Crippen molar-refractivity contribution in [3.63, 3.8) is 0 Å². The number of rotatable bonds is 8. The number of amides is 3. The van der Waals surface area contributed by atoms with Crippen molar-refractivity contribution < 1.29 is 29.3 Å². The van der Waals surface area contributed by atoms with Crippen LogP contribution in [0, 0.1) is 5.92 Å². The Morgan fingerprint density at radius 3 is 2.75 bits per heavy atom. The van der Waals surface area contributed by atoms with Crippen molar-refractivity contribution in [1.82, 2.24) is 4.90 Å². The third kappa shape index (κ3) is 5.31. The zero-order valence-electron chi connectivity index (χ0n) is 24.4. The predicted octanol–water partition coefficient (Wildman–Crippen LogP) is 4.81. The first-order chi connectivity index (χ1) is 21.2. The maximum atomic E-state index is 14.1. The van der Waals surface area contributed by atoms with E-state index >= 15 is 0 Å². The summed E-state index contributed by atoms with van der Waals surface area (Å²) in [5.41, 5.74) is 1.31. The van der Waals surface area contributed by atoms with Gasteiger partial charge in [-0.2, -0.15) is 0 Å². The van der Waals surface area contributed by atoms with E-state index in [1.54, 1.807) is 39.8 Å². The van der Waals surface area contributed by atoms with Crippen LogP contribution in [0.3, 0.4) is 0 Å². The van der Waals surface area contributed by atoms with Gasteiger partial charge in [-0.1, -0.05) is 59.3 Å². The number of likely N-dealkylation sites (tertiary alicyclic amines) is 1. The number of benzene rings is 3. The lowest BCUT2D eigenvalue weighted by atomic mass is 9.83. The SMILES string of the molecule is C[C@H](/C=C/CC(=O)N1CCC[C@H]1CO)[C@@]1(O)C(=O)N(Cc2cccc(N3C(=O)COc4ccccc43)c2)c2ccc(Br)cc21. The van der Waals surface area contributed by atoms with E-state index < -0.39 is 17.4 Å². The minimum absolute atomic E-state index is 0.0550. The van der Waals surface area contributed by atoms with Crippen LogP contribution in [-0.4, -0.2) is 58.6 Å². The first-order valence-electron chi connectivity index (χ1n) is 14.8. The minimum Gasteiger partial charge on any atom is -0.482 e. The number of aliphatic hydroxyl groups is 2. The van der Waals surface area contributed by atoms with Crippen molar-refractivity contribution >= 4 is 50.7 Å². The lowest BCUT2D eigenvalue weighted by Gasteiger charge is -2.30. The molecule has 3 heterocycles. The van der Waals surface area contributed by atoms with E-state index in [0.29, 0.717) is 34.9 Å². The molecule has 0 radical (unpaired) electrons. The average molecular weight is 661 g/mol. The third-order valence-corrected chi connectivity index (χ3v) is 9.23. The largest absolute Gasteiger partial charge is 0.482 e. The number of hydrogen-bond donors (Lipinski definition) is 2. The van der Waals surface area contributed by atoms with Crippen LogP contribution in [0.5, 0.6) is 5.75 Å². The summed E-state index contributed by atoms with van der Waals surface area (Å²) in [5, 5.41) is 21.6. The molecule has 1 fully saturated rings. The second-order valence-electron chi connectivity index (χ2n) is 11.5. The van der Waals surface area contributed by atoms with Gasteiger partial charge in [-0.3, -0.25) is 19.3 Å². The van der Waals surface area contributed by atoms with Gasteiger partial charge in [0.15, 0.2) is 12.2 Å². The molecule has 0 bridgehead atoms. The molecule has 228 valence electrons. The molecule has 0 aromatic heterocycles. The molecule has 3 aliphatic heterocycles. The number of anilines is 3. The molecule has 0 unspecified atom stereocenters. The number of nitrogens with zero attached hydrogens (tertiary/aromatic N) is 3. The zero-order valence-corrected chi connectivity index (χ0v) is 25.9. The molecular weight excluding hydrogens is 626 g/mol. The fourth-order valence-electron chi connectivity index (χ4n) is 6.42. The first kappa shape index (κ1) is 30.1. The van der Waals surface area contributed by atoms with Crippen molar-refractivity contribution in [1.29, 1.82) is 0 Å². The number of ether oxygens (including phenoxy) is 1. The summed E-state index contributed by atoms with van der Waals surface area (Å²) in [7, 11) is 0. The Kier molecular flexibility index (Phi) is 8.32. The van der Waals surface area contributed by atoms with Gasteiger partial charge in [0, 0.05) is 34.6 Å². The van der Waals surface area contributed by atoms with Crippen molar-refractivity contribution in [2.75, 3.05) is 29.6 Å². The molecule has 44 heavy (non-hydrogen) atoms. The summed E-state index contributed by atoms with van der Waals surface area (Å²) in [4.78, 5) is 44.7. The van der Waals surface area contributed by atoms with E-state index in [2.05, 4.69) is 15.9 Å². The lowest BCUT2D eigenvalue weighted by molar-refractivity contribution is -0.139. The van der Waals surface area contributed by atoms with Crippen LogP contribution in [0.4, 0.5) is 17.1 Å². The van der Waals surface area contributed by atoms with Crippen molar-refractivity contribution in [3.05, 3.63) is 94.5 Å². The summed E-state index contributed by atoms with van der Waals surface area (Å²) in [6, 6.07) is 20.0. The van der Waals surface area contributed by atoms with Crippen LogP contribution >= 0.6 is 15.9 Å². The molecular formula is C34H34BrN3O6. The second kappa shape index (κ2) is 12.2. The molecule has 3 aromatic carbocycles. The Labute approximate surface area is 264 Å². The molecule has 0 aliphatic carbocycles. The Morgan fingerprint density at radius 1 is 1.11 bits per heavy atom. The van der Waals surface area contributed by atoms with Gasteiger partial charge in [-0.05, 0) is 60.9 Å². The highest BCUT2D eigenvalue weighted by Gasteiger charge is 2.52. The van der Waals surface area contributed by atoms with Gasteiger partial charge in [0.1, 0.15) is 5.75 Å². The molecule has 0 saturated carbocycles. The van der Waals surface area contributed by atoms with Crippen molar-refractivity contribution in [3.8, 4) is 5.75 Å². The molecule has 9 nitrogen and oxygen atoms in total. The van der Waals surface area contributed by atoms with E-state index in [0.717, 1.165) is 22.9 Å². The normalized spacial score (nSPS) is 21.9. The highest BCUT2D eigenvalue weighted by molar-refractivity contribution is 9.10. The smallest absolute Gasteiger partial charge is 0.269 e. The van der Waals surface area contributed by atoms with Crippen LogP contribution in [0.2, 0.25) is 0 Å². The quantitative estimate of drug-likeness (QED) is 0.336. The van der Waals surface area contributed by atoms with E-state index in [4.69, 9.17) is 4.74 Å². The fourth-order valence-corrected chi connectivity index (χ4v) is 6.78. The number of hydrogen-bond acceptors (Lipinski definition) is 6. The van der Waals surface area contributed by atoms with Crippen LogP contribution < -0.4 is 14.5 Å². The van der Waals surface area contributed by atoms with Gasteiger partial charge in [0.25, 0.3) is 11.8 Å². The number of halogens is 1. The van der Waals surface area contributed by atoms with Crippen LogP contribution in [0.15, 0.2) is 83.4 Å². The van der Waals surface area contributed by atoms with Gasteiger partial charge >= 0.3 is 0 Å².